The molecule has 2 atom stereocenters. The van der Waals surface area contributed by atoms with E-state index in [0.29, 0.717) is 0 Å². The summed E-state index contributed by atoms with van der Waals surface area (Å²) >= 11 is 1.62. The zero-order valence-corrected chi connectivity index (χ0v) is 8.17. The summed E-state index contributed by atoms with van der Waals surface area (Å²) in [7, 11) is 0. The Morgan fingerprint density at radius 3 is 3.08 bits per heavy atom. The molecule has 1 amide bonds. The molecule has 0 radical (unpaired) electrons. The molecular weight excluding hydrogens is 188 g/mol. The quantitative estimate of drug-likeness (QED) is 0.560. The van der Waals surface area contributed by atoms with E-state index in [0.717, 1.165) is 17.0 Å². The van der Waals surface area contributed by atoms with Crippen LogP contribution in [0.5, 0.6) is 0 Å². The fraction of sp³-hybridized carbons (Fsp3) is 0.625. The monoisotopic (exact) mass is 200 g/mol. The highest BCUT2D eigenvalue weighted by Crippen LogP contribution is 2.38. The van der Waals surface area contributed by atoms with Gasteiger partial charge in [0.25, 0.3) is 0 Å². The Bertz CT molecular complexity index is 290. The van der Waals surface area contributed by atoms with Gasteiger partial charge in [0, 0.05) is 11.4 Å². The number of β-lactam (4-membered cyclic amide) rings is 1. The number of rotatable bonds is 1. The van der Waals surface area contributed by atoms with E-state index in [9.17, 15) is 4.79 Å². The van der Waals surface area contributed by atoms with E-state index in [1.54, 1.807) is 16.7 Å². The van der Waals surface area contributed by atoms with Crippen LogP contribution in [-0.4, -0.2) is 39.7 Å². The predicted molar refractivity (Wildman–Crippen MR) is 50.9 cm³/mol. The van der Waals surface area contributed by atoms with E-state index in [1.807, 2.05) is 6.92 Å². The number of hydrogen-bond acceptors (Lipinski definition) is 4. The van der Waals surface area contributed by atoms with Gasteiger partial charge < -0.3 is 15.7 Å². The van der Waals surface area contributed by atoms with E-state index in [4.69, 9.17) is 10.8 Å². The van der Waals surface area contributed by atoms with Crippen molar-refractivity contribution in [2.45, 2.75) is 18.3 Å². The molecule has 2 unspecified atom stereocenters. The van der Waals surface area contributed by atoms with Gasteiger partial charge in [-0.3, -0.25) is 4.79 Å². The highest BCUT2D eigenvalue weighted by atomic mass is 32.2. The maximum Gasteiger partial charge on any atom is 0.247 e. The van der Waals surface area contributed by atoms with Gasteiger partial charge in [0.2, 0.25) is 5.91 Å². The number of carbonyl (C=O) groups is 1. The average molecular weight is 200 g/mol. The van der Waals surface area contributed by atoms with Gasteiger partial charge in [-0.15, -0.1) is 11.8 Å². The number of hydrogen-bond donors (Lipinski definition) is 2. The molecule has 2 aliphatic rings. The lowest BCUT2D eigenvalue weighted by Gasteiger charge is -2.48. The second kappa shape index (κ2) is 3.01. The first kappa shape index (κ1) is 9.05. The molecule has 1 saturated heterocycles. The molecule has 0 bridgehead atoms. The molecule has 13 heavy (non-hydrogen) atoms. The van der Waals surface area contributed by atoms with Crippen molar-refractivity contribution in [3.63, 3.8) is 0 Å². The summed E-state index contributed by atoms with van der Waals surface area (Å²) in [5, 5.41) is 9.10. The molecule has 0 aliphatic carbocycles. The van der Waals surface area contributed by atoms with Crippen LogP contribution in [0, 0.1) is 0 Å². The minimum Gasteiger partial charge on any atom is -0.392 e. The Hall–Kier alpha value is -0.520. The molecule has 0 saturated carbocycles. The number of carbonyl (C=O) groups excluding carboxylic acids is 1. The van der Waals surface area contributed by atoms with Crippen molar-refractivity contribution in [3.05, 3.63) is 11.3 Å². The van der Waals surface area contributed by atoms with Crippen molar-refractivity contribution < 1.29 is 9.90 Å². The van der Waals surface area contributed by atoms with Gasteiger partial charge in [0.1, 0.15) is 11.4 Å². The first-order valence-corrected chi connectivity index (χ1v) is 5.21. The number of fused-ring (bicyclic) bond motifs is 1. The van der Waals surface area contributed by atoms with Crippen LogP contribution in [0.3, 0.4) is 0 Å². The van der Waals surface area contributed by atoms with Gasteiger partial charge in [-0.2, -0.15) is 0 Å². The normalized spacial score (nSPS) is 33.2. The Morgan fingerprint density at radius 2 is 2.46 bits per heavy atom. The largest absolute Gasteiger partial charge is 0.392 e. The molecule has 4 nitrogen and oxygen atoms in total. The van der Waals surface area contributed by atoms with Gasteiger partial charge in [0.05, 0.1) is 6.61 Å². The van der Waals surface area contributed by atoms with E-state index in [2.05, 4.69) is 0 Å². The van der Waals surface area contributed by atoms with Gasteiger partial charge >= 0.3 is 0 Å². The van der Waals surface area contributed by atoms with E-state index in [1.165, 1.54) is 0 Å². The average Bonchev–Trinajstić information content (AvgIpc) is 2.16. The van der Waals surface area contributed by atoms with Gasteiger partial charge in [-0.1, -0.05) is 0 Å². The second-order valence-corrected chi connectivity index (χ2v) is 4.39. The Labute approximate surface area is 80.8 Å². The minimum atomic E-state index is -0.347. The fourth-order valence-electron chi connectivity index (χ4n) is 1.64. The molecule has 0 aromatic heterocycles. The highest BCUT2D eigenvalue weighted by Gasteiger charge is 2.48. The van der Waals surface area contributed by atoms with E-state index in [-0.39, 0.29) is 23.9 Å². The number of thioether (sulfide) groups is 1. The van der Waals surface area contributed by atoms with Crippen LogP contribution in [0.25, 0.3) is 0 Å². The van der Waals surface area contributed by atoms with Crippen LogP contribution in [0.4, 0.5) is 0 Å². The highest BCUT2D eigenvalue weighted by molar-refractivity contribution is 8.00. The van der Waals surface area contributed by atoms with E-state index < -0.39 is 0 Å². The topological polar surface area (TPSA) is 66.6 Å². The van der Waals surface area contributed by atoms with Crippen molar-refractivity contribution in [1.82, 2.24) is 4.90 Å². The molecule has 1 fully saturated rings. The third-order valence-corrected chi connectivity index (χ3v) is 3.94. The molecular formula is C8H12N2O2S. The van der Waals surface area contributed by atoms with Crippen molar-refractivity contribution >= 4 is 17.7 Å². The van der Waals surface area contributed by atoms with E-state index >= 15 is 0 Å². The number of amides is 1. The number of aliphatic hydroxyl groups is 1. The standard InChI is InChI=1S/C8H12N2O2S/c1-4-5(2-11)3-13-8-6(9)7(12)10(4)8/h6,8,11H,2-3,9H2,1H3. The lowest BCUT2D eigenvalue weighted by atomic mass is 10.1. The third-order valence-electron chi connectivity index (χ3n) is 2.58. The summed E-state index contributed by atoms with van der Waals surface area (Å²) in [4.78, 5) is 13.0. The lowest BCUT2D eigenvalue weighted by molar-refractivity contribution is -0.141. The van der Waals surface area contributed by atoms with Crippen LogP contribution in [0.15, 0.2) is 11.3 Å². The SMILES string of the molecule is CC1=C(CO)CSC2C(N)C(=O)N12. The molecule has 2 aliphatic heterocycles. The summed E-state index contributed by atoms with van der Waals surface area (Å²) in [5.74, 6) is 0.755. The number of allylic oxidation sites excluding steroid dienone is 1. The summed E-state index contributed by atoms with van der Waals surface area (Å²) in [6.07, 6.45) is 0. The maximum atomic E-state index is 11.3. The number of aliphatic hydroxyl groups excluding tert-OH is 1. The third kappa shape index (κ3) is 1.11. The Morgan fingerprint density at radius 1 is 1.77 bits per heavy atom. The Kier molecular flexibility index (Phi) is 2.09. The van der Waals surface area contributed by atoms with Crippen LogP contribution < -0.4 is 5.73 Å². The second-order valence-electron chi connectivity index (χ2n) is 3.28. The first-order chi connectivity index (χ1) is 6.16. The fourth-order valence-corrected chi connectivity index (χ4v) is 3.05. The summed E-state index contributed by atoms with van der Waals surface area (Å²) in [6, 6.07) is -0.347. The number of nitrogens with two attached hydrogens (primary N) is 1. The smallest absolute Gasteiger partial charge is 0.247 e. The zero-order valence-electron chi connectivity index (χ0n) is 7.36. The molecule has 3 N–H and O–H groups in total. The predicted octanol–water partition coefficient (Wildman–Crippen LogP) is -0.505. The van der Waals surface area contributed by atoms with Crippen molar-refractivity contribution in [3.8, 4) is 0 Å². The van der Waals surface area contributed by atoms with Crippen molar-refractivity contribution in [1.29, 1.82) is 0 Å². The maximum absolute atomic E-state index is 11.3. The first-order valence-electron chi connectivity index (χ1n) is 4.16. The lowest BCUT2D eigenvalue weighted by Crippen LogP contribution is -2.67. The van der Waals surface area contributed by atoms with Crippen LogP contribution in [-0.2, 0) is 4.79 Å². The molecule has 2 rings (SSSR count). The molecule has 2 heterocycles. The van der Waals surface area contributed by atoms with Gasteiger partial charge in [0.15, 0.2) is 0 Å². The molecule has 0 spiro atoms. The molecule has 0 aromatic carbocycles. The molecule has 5 heteroatoms. The molecule has 0 aromatic rings. The summed E-state index contributed by atoms with van der Waals surface area (Å²) < 4.78 is 0. The van der Waals surface area contributed by atoms with Gasteiger partial charge in [-0.05, 0) is 12.5 Å². The van der Waals surface area contributed by atoms with Crippen molar-refractivity contribution in [2.75, 3.05) is 12.4 Å². The Balaban J connectivity index is 2.26. The van der Waals surface area contributed by atoms with Crippen LogP contribution >= 0.6 is 11.8 Å². The summed E-state index contributed by atoms with van der Waals surface area (Å²) in [6.45, 7) is 1.90. The van der Waals surface area contributed by atoms with Crippen LogP contribution in [0.2, 0.25) is 0 Å². The van der Waals surface area contributed by atoms with Crippen LogP contribution in [0.1, 0.15) is 6.92 Å². The molecule has 72 valence electrons. The van der Waals surface area contributed by atoms with Crippen molar-refractivity contribution in [2.24, 2.45) is 5.73 Å². The minimum absolute atomic E-state index is 0.0272. The summed E-state index contributed by atoms with van der Waals surface area (Å²) in [5.41, 5.74) is 7.45. The number of nitrogens with zero attached hydrogens (tertiary/aromatic N) is 1. The van der Waals surface area contributed by atoms with Gasteiger partial charge in [-0.25, -0.2) is 0 Å². The zero-order chi connectivity index (χ0) is 9.59.